The molecule has 0 spiro atoms. The molecule has 0 bridgehead atoms. The summed E-state index contributed by atoms with van der Waals surface area (Å²) >= 11 is 0. The van der Waals surface area contributed by atoms with Gasteiger partial charge in [0.25, 0.3) is 5.91 Å². The third kappa shape index (κ3) is 3.39. The first kappa shape index (κ1) is 18.7. The van der Waals surface area contributed by atoms with E-state index in [1.807, 2.05) is 0 Å². The standard InChI is InChI=1S/C16H19F4NO3/c1-15(2,16(23)3-5-24-6-4-16)8-21-14(22)9-7-10(17)12(19)13(20)11(9)18/h7,23H,3-6,8H2,1-2H3,(H,21,22). The van der Waals surface area contributed by atoms with Crippen LogP contribution in [-0.2, 0) is 4.74 Å². The monoisotopic (exact) mass is 349 g/mol. The van der Waals surface area contributed by atoms with E-state index in [1.165, 1.54) is 0 Å². The Hall–Kier alpha value is -1.67. The van der Waals surface area contributed by atoms with E-state index in [9.17, 15) is 27.5 Å². The van der Waals surface area contributed by atoms with Crippen molar-refractivity contribution in [3.05, 3.63) is 34.9 Å². The zero-order valence-corrected chi connectivity index (χ0v) is 13.4. The quantitative estimate of drug-likeness (QED) is 0.499. The van der Waals surface area contributed by atoms with Crippen molar-refractivity contribution >= 4 is 5.91 Å². The van der Waals surface area contributed by atoms with Crippen molar-refractivity contribution in [2.45, 2.75) is 32.3 Å². The van der Waals surface area contributed by atoms with E-state index in [0.29, 0.717) is 32.1 Å². The van der Waals surface area contributed by atoms with Crippen LogP contribution in [0.4, 0.5) is 17.6 Å². The van der Waals surface area contributed by atoms with Crippen molar-refractivity contribution in [2.75, 3.05) is 19.8 Å². The molecule has 1 aromatic rings. The molecular weight excluding hydrogens is 330 g/mol. The SMILES string of the molecule is CC(C)(CNC(=O)c1cc(F)c(F)c(F)c1F)C1(O)CCOCC1. The highest BCUT2D eigenvalue weighted by molar-refractivity contribution is 5.94. The highest BCUT2D eigenvalue weighted by Crippen LogP contribution is 2.38. The average molecular weight is 349 g/mol. The van der Waals surface area contributed by atoms with Crippen LogP contribution >= 0.6 is 0 Å². The molecule has 1 aromatic carbocycles. The van der Waals surface area contributed by atoms with Crippen LogP contribution in [0.25, 0.3) is 0 Å². The molecule has 2 N–H and O–H groups in total. The minimum absolute atomic E-state index is 0.0671. The highest BCUT2D eigenvalue weighted by atomic mass is 19.2. The van der Waals surface area contributed by atoms with Crippen LogP contribution in [0, 0.1) is 28.7 Å². The number of carbonyl (C=O) groups excluding carboxylic acids is 1. The van der Waals surface area contributed by atoms with Crippen LogP contribution in [-0.4, -0.2) is 36.4 Å². The summed E-state index contributed by atoms with van der Waals surface area (Å²) < 4.78 is 58.2. The van der Waals surface area contributed by atoms with Crippen molar-refractivity contribution < 1.29 is 32.2 Å². The largest absolute Gasteiger partial charge is 0.389 e. The fourth-order valence-electron chi connectivity index (χ4n) is 2.68. The maximum absolute atomic E-state index is 13.6. The van der Waals surface area contributed by atoms with Gasteiger partial charge in [-0.2, -0.15) is 0 Å². The van der Waals surface area contributed by atoms with E-state index in [1.54, 1.807) is 13.8 Å². The van der Waals surface area contributed by atoms with Gasteiger partial charge >= 0.3 is 0 Å². The van der Waals surface area contributed by atoms with Crippen LogP contribution in [0.1, 0.15) is 37.0 Å². The number of benzene rings is 1. The molecule has 1 aliphatic rings. The Morgan fingerprint density at radius 2 is 1.79 bits per heavy atom. The Kier molecular flexibility index (Phi) is 5.19. The van der Waals surface area contributed by atoms with Crippen molar-refractivity contribution in [3.63, 3.8) is 0 Å². The summed E-state index contributed by atoms with van der Waals surface area (Å²) in [7, 11) is 0. The second-order valence-electron chi connectivity index (χ2n) is 6.56. The van der Waals surface area contributed by atoms with Gasteiger partial charge in [-0.1, -0.05) is 13.8 Å². The summed E-state index contributed by atoms with van der Waals surface area (Å²) in [5.41, 5.74) is -2.82. The van der Waals surface area contributed by atoms with Crippen molar-refractivity contribution in [1.29, 1.82) is 0 Å². The number of ether oxygens (including phenoxy) is 1. The molecule has 1 fully saturated rings. The normalized spacial score (nSPS) is 17.6. The molecule has 0 aliphatic carbocycles. The van der Waals surface area contributed by atoms with E-state index >= 15 is 0 Å². The number of halogens is 4. The molecular formula is C16H19F4NO3. The van der Waals surface area contributed by atoms with Crippen molar-refractivity contribution in [2.24, 2.45) is 5.41 Å². The van der Waals surface area contributed by atoms with Gasteiger partial charge in [0.2, 0.25) is 0 Å². The second-order valence-corrected chi connectivity index (χ2v) is 6.56. The molecule has 0 radical (unpaired) electrons. The Bertz CT molecular complexity index is 643. The fourth-order valence-corrected chi connectivity index (χ4v) is 2.68. The zero-order valence-electron chi connectivity index (χ0n) is 13.4. The summed E-state index contributed by atoms with van der Waals surface area (Å²) in [5.74, 6) is -8.51. The number of nitrogens with one attached hydrogen (secondary N) is 1. The number of amides is 1. The molecule has 24 heavy (non-hydrogen) atoms. The van der Waals surface area contributed by atoms with Gasteiger partial charge in [-0.05, 0) is 6.07 Å². The maximum Gasteiger partial charge on any atom is 0.254 e. The van der Waals surface area contributed by atoms with Gasteiger partial charge in [-0.25, -0.2) is 17.6 Å². The Morgan fingerprint density at radius 1 is 1.21 bits per heavy atom. The average Bonchev–Trinajstić information content (AvgIpc) is 2.54. The zero-order chi connectivity index (χ0) is 18.1. The molecule has 1 saturated heterocycles. The Labute approximate surface area is 136 Å². The van der Waals surface area contributed by atoms with Crippen LogP contribution in [0.15, 0.2) is 6.07 Å². The van der Waals surface area contributed by atoms with Gasteiger partial charge in [0.05, 0.1) is 11.2 Å². The lowest BCUT2D eigenvalue weighted by Crippen LogP contribution is -2.53. The highest BCUT2D eigenvalue weighted by Gasteiger charge is 2.44. The Balaban J connectivity index is 2.13. The minimum Gasteiger partial charge on any atom is -0.389 e. The molecule has 1 aliphatic heterocycles. The van der Waals surface area contributed by atoms with Gasteiger partial charge < -0.3 is 15.2 Å². The maximum atomic E-state index is 13.6. The number of carbonyl (C=O) groups is 1. The predicted molar refractivity (Wildman–Crippen MR) is 77.4 cm³/mol. The van der Waals surface area contributed by atoms with E-state index in [0.717, 1.165) is 0 Å². The summed E-state index contributed by atoms with van der Waals surface area (Å²) in [6.45, 7) is 4.09. The molecule has 0 saturated carbocycles. The molecule has 4 nitrogen and oxygen atoms in total. The molecule has 0 unspecified atom stereocenters. The molecule has 134 valence electrons. The van der Waals surface area contributed by atoms with E-state index in [4.69, 9.17) is 4.74 Å². The smallest absolute Gasteiger partial charge is 0.254 e. The molecule has 2 rings (SSSR count). The van der Waals surface area contributed by atoms with E-state index in [2.05, 4.69) is 5.32 Å². The lowest BCUT2D eigenvalue weighted by molar-refractivity contribution is -0.130. The first-order valence-electron chi connectivity index (χ1n) is 7.50. The van der Waals surface area contributed by atoms with Crippen LogP contribution in [0.3, 0.4) is 0 Å². The third-order valence-corrected chi connectivity index (χ3v) is 4.62. The summed E-state index contributed by atoms with van der Waals surface area (Å²) in [4.78, 5) is 12.0. The van der Waals surface area contributed by atoms with E-state index < -0.39 is 45.8 Å². The van der Waals surface area contributed by atoms with Gasteiger partial charge in [-0.3, -0.25) is 4.79 Å². The number of rotatable bonds is 4. The van der Waals surface area contributed by atoms with Gasteiger partial charge in [-0.15, -0.1) is 0 Å². The summed E-state index contributed by atoms with van der Waals surface area (Å²) in [5, 5.41) is 13.0. The van der Waals surface area contributed by atoms with Gasteiger partial charge in [0.15, 0.2) is 23.3 Å². The number of aliphatic hydroxyl groups is 1. The summed E-state index contributed by atoms with van der Waals surface area (Å²) in [6, 6.07) is 0.305. The molecule has 8 heteroatoms. The predicted octanol–water partition coefficient (Wildman–Crippen LogP) is 2.54. The molecule has 0 atom stereocenters. The van der Waals surface area contributed by atoms with Crippen LogP contribution < -0.4 is 5.32 Å². The number of hydrogen-bond donors (Lipinski definition) is 2. The second kappa shape index (κ2) is 6.68. The first-order chi connectivity index (χ1) is 11.1. The lowest BCUT2D eigenvalue weighted by atomic mass is 9.70. The minimum atomic E-state index is -2.04. The van der Waals surface area contributed by atoms with Crippen LogP contribution in [0.5, 0.6) is 0 Å². The number of hydrogen-bond acceptors (Lipinski definition) is 3. The van der Waals surface area contributed by atoms with Crippen molar-refractivity contribution in [1.82, 2.24) is 5.32 Å². The third-order valence-electron chi connectivity index (χ3n) is 4.62. The molecule has 1 heterocycles. The van der Waals surface area contributed by atoms with Crippen molar-refractivity contribution in [3.8, 4) is 0 Å². The van der Waals surface area contributed by atoms with E-state index in [-0.39, 0.29) is 6.54 Å². The van der Waals surface area contributed by atoms with Gasteiger partial charge in [0.1, 0.15) is 0 Å². The fraction of sp³-hybridized carbons (Fsp3) is 0.562. The van der Waals surface area contributed by atoms with Crippen LogP contribution in [0.2, 0.25) is 0 Å². The first-order valence-corrected chi connectivity index (χ1v) is 7.50. The topological polar surface area (TPSA) is 58.6 Å². The van der Waals surface area contributed by atoms with Gasteiger partial charge in [0, 0.05) is 38.0 Å². The lowest BCUT2D eigenvalue weighted by Gasteiger charge is -2.45. The molecule has 0 aromatic heterocycles. The molecule has 1 amide bonds. The Morgan fingerprint density at radius 3 is 2.38 bits per heavy atom. The summed E-state index contributed by atoms with van der Waals surface area (Å²) in [6.07, 6.45) is 0.730.